The smallest absolute Gasteiger partial charge is 0.417 e. The molecule has 0 bridgehead atoms. The lowest BCUT2D eigenvalue weighted by Crippen LogP contribution is -2.12. The van der Waals surface area contributed by atoms with Crippen LogP contribution in [-0.2, 0) is 12.4 Å². The highest BCUT2D eigenvalue weighted by Gasteiger charge is 2.33. The number of halogens is 7. The van der Waals surface area contributed by atoms with E-state index < -0.39 is 34.4 Å². The maximum Gasteiger partial charge on any atom is 0.417 e. The van der Waals surface area contributed by atoms with E-state index in [1.165, 1.54) is 30.3 Å². The van der Waals surface area contributed by atoms with Crippen LogP contribution in [0.5, 0.6) is 0 Å². The van der Waals surface area contributed by atoms with Crippen LogP contribution in [0.25, 0.3) is 11.3 Å². The molecule has 0 saturated carbocycles. The van der Waals surface area contributed by atoms with Gasteiger partial charge in [0.05, 0.1) is 16.1 Å². The van der Waals surface area contributed by atoms with Crippen LogP contribution < -0.4 is 5.32 Å². The van der Waals surface area contributed by atoms with Gasteiger partial charge in [-0.05, 0) is 42.5 Å². The molecule has 3 nitrogen and oxygen atoms in total. The van der Waals surface area contributed by atoms with Crippen LogP contribution in [0.2, 0.25) is 5.02 Å². The molecular formula is C19H10ClF6NO2. The van der Waals surface area contributed by atoms with Gasteiger partial charge in [0.15, 0.2) is 5.76 Å². The lowest BCUT2D eigenvalue weighted by Gasteiger charge is -2.11. The van der Waals surface area contributed by atoms with Crippen molar-refractivity contribution in [1.82, 2.24) is 0 Å². The van der Waals surface area contributed by atoms with E-state index in [0.29, 0.717) is 6.07 Å². The van der Waals surface area contributed by atoms with Gasteiger partial charge < -0.3 is 9.73 Å². The third-order valence-electron chi connectivity index (χ3n) is 3.83. The minimum atomic E-state index is -4.71. The van der Waals surface area contributed by atoms with Crippen molar-refractivity contribution in [3.05, 3.63) is 76.5 Å². The van der Waals surface area contributed by atoms with Gasteiger partial charge in [-0.25, -0.2) is 0 Å². The Bertz CT molecular complexity index is 1060. The van der Waals surface area contributed by atoms with Crippen LogP contribution in [0.1, 0.15) is 21.7 Å². The van der Waals surface area contributed by atoms with Crippen LogP contribution in [0, 0.1) is 0 Å². The molecule has 1 heterocycles. The molecule has 29 heavy (non-hydrogen) atoms. The van der Waals surface area contributed by atoms with Gasteiger partial charge in [-0.1, -0.05) is 23.7 Å². The Kier molecular flexibility index (Phi) is 5.36. The van der Waals surface area contributed by atoms with Crippen molar-refractivity contribution in [1.29, 1.82) is 0 Å². The molecule has 0 aliphatic rings. The number of benzene rings is 2. The number of furan rings is 1. The first-order valence-corrected chi connectivity index (χ1v) is 8.28. The molecule has 0 fully saturated rings. The zero-order valence-electron chi connectivity index (χ0n) is 14.2. The summed E-state index contributed by atoms with van der Waals surface area (Å²) in [7, 11) is 0. The van der Waals surface area contributed by atoms with Gasteiger partial charge >= 0.3 is 12.4 Å². The summed E-state index contributed by atoms with van der Waals surface area (Å²) in [5, 5.41) is 1.70. The van der Waals surface area contributed by atoms with Crippen LogP contribution in [0.3, 0.4) is 0 Å². The van der Waals surface area contributed by atoms with Crippen LogP contribution in [0.4, 0.5) is 32.0 Å². The number of alkyl halides is 6. The molecule has 0 aliphatic heterocycles. The standard InChI is InChI=1S/C19H10ClF6NO2/c20-14-5-4-12(9-13(14)19(24,25)26)27-17(28)16-7-6-15(29-16)10-2-1-3-11(8-10)18(21,22)23/h1-9H,(H,27,28). The molecule has 1 N–H and O–H groups in total. The number of anilines is 1. The number of carbonyl (C=O) groups excluding carboxylic acids is 1. The normalized spacial score (nSPS) is 12.1. The third kappa shape index (κ3) is 4.73. The van der Waals surface area contributed by atoms with Crippen molar-refractivity contribution in [2.45, 2.75) is 12.4 Å². The fourth-order valence-electron chi connectivity index (χ4n) is 2.48. The van der Waals surface area contributed by atoms with Crippen LogP contribution in [-0.4, -0.2) is 5.91 Å². The highest BCUT2D eigenvalue weighted by atomic mass is 35.5. The van der Waals surface area contributed by atoms with E-state index in [1.807, 2.05) is 0 Å². The Morgan fingerprint density at radius 1 is 0.897 bits per heavy atom. The lowest BCUT2D eigenvalue weighted by atomic mass is 10.1. The van der Waals surface area contributed by atoms with Crippen molar-refractivity contribution >= 4 is 23.2 Å². The molecule has 3 rings (SSSR count). The molecule has 3 aromatic rings. The summed E-state index contributed by atoms with van der Waals surface area (Å²) in [6.45, 7) is 0. The predicted octanol–water partition coefficient (Wildman–Crippen LogP) is 6.89. The molecular weight excluding hydrogens is 424 g/mol. The molecule has 10 heteroatoms. The molecule has 0 spiro atoms. The Morgan fingerprint density at radius 3 is 2.28 bits per heavy atom. The lowest BCUT2D eigenvalue weighted by molar-refractivity contribution is -0.138. The Hall–Kier alpha value is -2.94. The van der Waals surface area contributed by atoms with Crippen molar-refractivity contribution < 1.29 is 35.6 Å². The summed E-state index contributed by atoms with van der Waals surface area (Å²) >= 11 is 5.52. The van der Waals surface area contributed by atoms with E-state index in [4.69, 9.17) is 16.0 Å². The van der Waals surface area contributed by atoms with Gasteiger partial charge in [-0.15, -0.1) is 0 Å². The van der Waals surface area contributed by atoms with Crippen molar-refractivity contribution in [2.75, 3.05) is 5.32 Å². The maximum atomic E-state index is 12.9. The first-order chi connectivity index (χ1) is 13.4. The summed E-state index contributed by atoms with van der Waals surface area (Å²) in [6, 6.07) is 9.60. The second-order valence-corrected chi connectivity index (χ2v) is 6.30. The van der Waals surface area contributed by atoms with E-state index in [1.54, 1.807) is 0 Å². The van der Waals surface area contributed by atoms with E-state index in [2.05, 4.69) is 5.32 Å². The van der Waals surface area contributed by atoms with Crippen molar-refractivity contribution in [2.24, 2.45) is 0 Å². The topological polar surface area (TPSA) is 42.2 Å². The van der Waals surface area contributed by atoms with Gasteiger partial charge in [0.25, 0.3) is 5.91 Å². The van der Waals surface area contributed by atoms with Crippen molar-refractivity contribution in [3.8, 4) is 11.3 Å². The second-order valence-electron chi connectivity index (χ2n) is 5.89. The summed E-state index contributed by atoms with van der Waals surface area (Å²) in [4.78, 5) is 12.2. The molecule has 0 aliphatic carbocycles. The van der Waals surface area contributed by atoms with Gasteiger partial charge in [0.1, 0.15) is 5.76 Å². The van der Waals surface area contributed by atoms with Gasteiger partial charge in [-0.2, -0.15) is 26.3 Å². The highest BCUT2D eigenvalue weighted by molar-refractivity contribution is 6.31. The quantitative estimate of drug-likeness (QED) is 0.457. The summed E-state index contributed by atoms with van der Waals surface area (Å²) in [6.07, 6.45) is -9.26. The molecule has 1 aromatic heterocycles. The minimum Gasteiger partial charge on any atom is -0.451 e. The third-order valence-corrected chi connectivity index (χ3v) is 4.16. The summed E-state index contributed by atoms with van der Waals surface area (Å²) in [5.41, 5.74) is -2.10. The molecule has 0 saturated heterocycles. The minimum absolute atomic E-state index is 0.00617. The number of carbonyl (C=O) groups is 1. The SMILES string of the molecule is O=C(Nc1ccc(Cl)c(C(F)(F)F)c1)c1ccc(-c2cccc(C(F)(F)F)c2)o1. The maximum absolute atomic E-state index is 12.9. The molecule has 2 aromatic carbocycles. The first kappa shape index (κ1) is 20.8. The number of hydrogen-bond donors (Lipinski definition) is 1. The largest absolute Gasteiger partial charge is 0.451 e. The van der Waals surface area contributed by atoms with E-state index in [0.717, 1.165) is 18.2 Å². The second kappa shape index (κ2) is 7.47. The average molecular weight is 434 g/mol. The molecule has 1 amide bonds. The van der Waals surface area contributed by atoms with Crippen LogP contribution in [0.15, 0.2) is 59.0 Å². The zero-order chi connectivity index (χ0) is 21.4. The zero-order valence-corrected chi connectivity index (χ0v) is 14.9. The molecule has 152 valence electrons. The summed E-state index contributed by atoms with van der Waals surface area (Å²) in [5.74, 6) is -1.17. The fourth-order valence-corrected chi connectivity index (χ4v) is 2.70. The number of amides is 1. The Balaban J connectivity index is 1.82. The first-order valence-electron chi connectivity index (χ1n) is 7.91. The Labute approximate surface area is 164 Å². The predicted molar refractivity (Wildman–Crippen MR) is 93.6 cm³/mol. The molecule has 0 unspecified atom stereocenters. The number of rotatable bonds is 3. The monoisotopic (exact) mass is 433 g/mol. The molecule has 0 atom stereocenters. The number of hydrogen-bond acceptors (Lipinski definition) is 2. The van der Waals surface area contributed by atoms with E-state index in [9.17, 15) is 31.1 Å². The fraction of sp³-hybridized carbons (Fsp3) is 0.105. The average Bonchev–Trinajstić information content (AvgIpc) is 3.12. The van der Waals surface area contributed by atoms with E-state index >= 15 is 0 Å². The van der Waals surface area contributed by atoms with Crippen LogP contribution >= 0.6 is 11.6 Å². The molecule has 0 radical (unpaired) electrons. The van der Waals surface area contributed by atoms with Gasteiger partial charge in [-0.3, -0.25) is 4.79 Å². The van der Waals surface area contributed by atoms with Gasteiger partial charge in [0.2, 0.25) is 0 Å². The van der Waals surface area contributed by atoms with E-state index in [-0.39, 0.29) is 22.8 Å². The van der Waals surface area contributed by atoms with Gasteiger partial charge in [0, 0.05) is 11.3 Å². The Morgan fingerprint density at radius 2 is 1.62 bits per heavy atom. The van der Waals surface area contributed by atoms with Crippen molar-refractivity contribution in [3.63, 3.8) is 0 Å². The summed E-state index contributed by atoms with van der Waals surface area (Å²) < 4.78 is 82.4. The number of nitrogens with one attached hydrogen (secondary N) is 1. The highest BCUT2D eigenvalue weighted by Crippen LogP contribution is 2.36.